The van der Waals surface area contributed by atoms with Gasteiger partial charge in [-0.05, 0) is 25.9 Å². The molecule has 1 aliphatic heterocycles. The van der Waals surface area contributed by atoms with E-state index >= 15 is 0 Å². The molecule has 25 heavy (non-hydrogen) atoms. The lowest BCUT2D eigenvalue weighted by molar-refractivity contribution is -0.0353. The summed E-state index contributed by atoms with van der Waals surface area (Å²) in [5.74, 6) is 0.243. The minimum absolute atomic E-state index is 0.243. The van der Waals surface area contributed by atoms with E-state index in [-0.39, 0.29) is 5.95 Å². The van der Waals surface area contributed by atoms with Crippen molar-refractivity contribution in [2.24, 2.45) is 7.05 Å². The van der Waals surface area contributed by atoms with E-state index in [9.17, 15) is 10.2 Å². The van der Waals surface area contributed by atoms with Crippen molar-refractivity contribution in [3.05, 3.63) is 11.0 Å². The molecule has 2 aromatic rings. The van der Waals surface area contributed by atoms with Crippen LogP contribution >= 0.6 is 19.1 Å². The smallest absolute Gasteiger partial charge is 0.203 e. The number of aliphatic hydroxyl groups excluding tert-OH is 2. The Morgan fingerprint density at radius 3 is 2.72 bits per heavy atom. The van der Waals surface area contributed by atoms with Crippen molar-refractivity contribution < 1.29 is 14.9 Å². The Hall–Kier alpha value is -1.25. The zero-order chi connectivity index (χ0) is 18.5. The van der Waals surface area contributed by atoms with Gasteiger partial charge in [-0.25, -0.2) is 4.98 Å². The van der Waals surface area contributed by atoms with Crippen LogP contribution in [-0.4, -0.2) is 73.4 Å². The molecular weight excluding hydrogens is 361 g/mol. The number of fused-ring (bicyclic) bond motifs is 1. The standard InChI is InChI=1S/C15H24N5O3PS/c1-19-14(25)9-12(18-15(19)16)20(7-17-9)13-11(22)10(21)8(23-13)5-6-24(2,3)4/h7-8,10-11,13,21-22H,2,5-6H2,1,3-4H3,(H2,16,18)/t8-,10-,11-,13-/m1/s1. The van der Waals surface area contributed by atoms with E-state index in [1.54, 1.807) is 16.2 Å². The number of nitrogens with zero attached hydrogens (tertiary/aromatic N) is 4. The Bertz CT molecular complexity index is 904. The summed E-state index contributed by atoms with van der Waals surface area (Å²) in [6.07, 6.45) is 3.88. The predicted molar refractivity (Wildman–Crippen MR) is 103 cm³/mol. The average Bonchev–Trinajstić information content (AvgIpc) is 3.05. The van der Waals surface area contributed by atoms with Crippen molar-refractivity contribution in [1.82, 2.24) is 19.1 Å². The molecule has 0 bridgehead atoms. The molecule has 8 nitrogen and oxygen atoms in total. The first-order valence-electron chi connectivity index (χ1n) is 7.98. The Morgan fingerprint density at radius 2 is 2.08 bits per heavy atom. The van der Waals surface area contributed by atoms with Crippen molar-refractivity contribution in [2.45, 2.75) is 31.0 Å². The molecule has 1 fully saturated rings. The Balaban J connectivity index is 1.93. The molecule has 0 amide bonds. The van der Waals surface area contributed by atoms with Gasteiger partial charge in [-0.15, -0.1) is 13.2 Å². The van der Waals surface area contributed by atoms with Gasteiger partial charge in [0.2, 0.25) is 5.95 Å². The molecule has 0 aromatic carbocycles. The van der Waals surface area contributed by atoms with Gasteiger partial charge in [0.05, 0.1) is 12.4 Å². The van der Waals surface area contributed by atoms with Gasteiger partial charge < -0.3 is 25.3 Å². The summed E-state index contributed by atoms with van der Waals surface area (Å²) in [7, 11) is 1.72. The number of ether oxygens (including phenoxy) is 1. The second-order valence-corrected chi connectivity index (χ2v) is 11.9. The van der Waals surface area contributed by atoms with Crippen LogP contribution in [0.1, 0.15) is 12.6 Å². The summed E-state index contributed by atoms with van der Waals surface area (Å²) < 4.78 is 9.54. The second kappa shape index (κ2) is 6.48. The molecule has 4 N–H and O–H groups in total. The molecule has 0 spiro atoms. The van der Waals surface area contributed by atoms with E-state index in [1.807, 2.05) is 0 Å². The summed E-state index contributed by atoms with van der Waals surface area (Å²) in [5, 5.41) is 20.8. The molecule has 0 saturated carbocycles. The Kier molecular flexibility index (Phi) is 4.81. The number of aliphatic hydroxyl groups is 2. The zero-order valence-corrected chi connectivity index (χ0v) is 16.2. The molecule has 0 unspecified atom stereocenters. The van der Waals surface area contributed by atoms with Crippen LogP contribution < -0.4 is 5.73 Å². The highest BCUT2D eigenvalue weighted by atomic mass is 32.1. The molecule has 3 heterocycles. The number of hydrogen-bond donors (Lipinski definition) is 3. The third kappa shape index (κ3) is 3.39. The van der Waals surface area contributed by atoms with Crippen LogP contribution in [-0.2, 0) is 11.8 Å². The Labute approximate surface area is 151 Å². The van der Waals surface area contributed by atoms with Gasteiger partial charge >= 0.3 is 0 Å². The fraction of sp³-hybridized carbons (Fsp3) is 0.600. The summed E-state index contributed by atoms with van der Waals surface area (Å²) in [6, 6.07) is 0. The minimum atomic E-state index is -1.24. The van der Waals surface area contributed by atoms with Crippen molar-refractivity contribution in [3.8, 4) is 0 Å². The number of anilines is 1. The number of rotatable bonds is 4. The maximum atomic E-state index is 10.5. The molecule has 4 atom stereocenters. The largest absolute Gasteiger partial charge is 0.388 e. The first-order valence-corrected chi connectivity index (χ1v) is 11.4. The monoisotopic (exact) mass is 385 g/mol. The van der Waals surface area contributed by atoms with Crippen molar-refractivity contribution in [2.75, 3.05) is 25.2 Å². The summed E-state index contributed by atoms with van der Waals surface area (Å²) in [4.78, 5) is 8.58. The van der Waals surface area contributed by atoms with E-state index in [0.29, 0.717) is 22.2 Å². The minimum Gasteiger partial charge on any atom is -0.388 e. The van der Waals surface area contributed by atoms with Crippen LogP contribution in [0.15, 0.2) is 6.33 Å². The van der Waals surface area contributed by atoms with Gasteiger partial charge in [-0.2, -0.15) is 4.98 Å². The zero-order valence-electron chi connectivity index (χ0n) is 14.5. The van der Waals surface area contributed by atoms with Gasteiger partial charge in [0.15, 0.2) is 11.9 Å². The molecule has 2 aromatic heterocycles. The predicted octanol–water partition coefficient (Wildman–Crippen LogP) is 0.800. The SMILES string of the molecule is C=P(C)(C)CC[C@H]1O[C@@H](n2cnc3c(=S)n(C)c(N)nc32)[C@H](O)[C@@H]1O. The molecule has 0 radical (unpaired) electrons. The van der Waals surface area contributed by atoms with Gasteiger partial charge in [-0.3, -0.25) is 4.57 Å². The third-order valence-corrected chi connectivity index (χ3v) is 6.41. The maximum absolute atomic E-state index is 10.5. The van der Waals surface area contributed by atoms with Gasteiger partial charge in [-0.1, -0.05) is 12.2 Å². The van der Waals surface area contributed by atoms with Crippen LogP contribution in [0.4, 0.5) is 5.95 Å². The number of hydrogen-bond acceptors (Lipinski definition) is 7. The lowest BCUT2D eigenvalue weighted by atomic mass is 10.1. The second-order valence-electron chi connectivity index (χ2n) is 7.15. The van der Waals surface area contributed by atoms with E-state index in [1.165, 1.54) is 6.33 Å². The normalized spacial score (nSPS) is 27.2. The van der Waals surface area contributed by atoms with Crippen LogP contribution in [0.3, 0.4) is 0 Å². The maximum Gasteiger partial charge on any atom is 0.203 e. The van der Waals surface area contributed by atoms with E-state index < -0.39 is 31.4 Å². The van der Waals surface area contributed by atoms with Gasteiger partial charge in [0, 0.05) is 7.05 Å². The van der Waals surface area contributed by atoms with Crippen LogP contribution in [0, 0.1) is 4.64 Å². The van der Waals surface area contributed by atoms with E-state index in [0.717, 1.165) is 6.16 Å². The molecule has 1 saturated heterocycles. The number of imidazole rings is 1. The van der Waals surface area contributed by atoms with Crippen molar-refractivity contribution >= 4 is 42.5 Å². The van der Waals surface area contributed by atoms with Crippen LogP contribution in [0.2, 0.25) is 0 Å². The van der Waals surface area contributed by atoms with E-state index in [2.05, 4.69) is 29.6 Å². The average molecular weight is 385 g/mol. The van der Waals surface area contributed by atoms with Crippen LogP contribution in [0.5, 0.6) is 0 Å². The van der Waals surface area contributed by atoms with E-state index in [4.69, 9.17) is 22.7 Å². The van der Waals surface area contributed by atoms with Gasteiger partial charge in [0.25, 0.3) is 0 Å². The molecule has 10 heteroatoms. The molecular formula is C15H24N5O3PS. The Morgan fingerprint density at radius 1 is 1.40 bits per heavy atom. The molecule has 0 aliphatic carbocycles. The summed E-state index contributed by atoms with van der Waals surface area (Å²) in [6.45, 7) is 3.02. The quantitative estimate of drug-likeness (QED) is 0.527. The summed E-state index contributed by atoms with van der Waals surface area (Å²) in [5.41, 5.74) is 6.82. The van der Waals surface area contributed by atoms with Crippen molar-refractivity contribution in [1.29, 1.82) is 0 Å². The molecule has 1 aliphatic rings. The first-order chi connectivity index (χ1) is 11.6. The first kappa shape index (κ1) is 18.5. The highest BCUT2D eigenvalue weighted by Gasteiger charge is 2.44. The molecule has 138 valence electrons. The number of nitrogens with two attached hydrogens (primary N) is 1. The number of nitrogen functional groups attached to an aromatic ring is 1. The lowest BCUT2D eigenvalue weighted by Gasteiger charge is -2.18. The molecule has 3 rings (SSSR count). The summed E-state index contributed by atoms with van der Waals surface area (Å²) >= 11 is 5.34. The third-order valence-electron chi connectivity index (χ3n) is 4.47. The highest BCUT2D eigenvalue weighted by Crippen LogP contribution is 2.39. The number of aromatic nitrogens is 4. The topological polar surface area (TPSA) is 111 Å². The fourth-order valence-electron chi connectivity index (χ4n) is 2.92. The van der Waals surface area contributed by atoms with Gasteiger partial charge in [0.1, 0.15) is 22.4 Å². The van der Waals surface area contributed by atoms with Crippen LogP contribution in [0.25, 0.3) is 11.2 Å². The lowest BCUT2D eigenvalue weighted by Crippen LogP contribution is -2.31. The highest BCUT2D eigenvalue weighted by molar-refractivity contribution is 7.72. The van der Waals surface area contributed by atoms with Crippen molar-refractivity contribution in [3.63, 3.8) is 0 Å². The fourth-order valence-corrected chi connectivity index (χ4v) is 4.11.